The maximum atomic E-state index is 9.89. The summed E-state index contributed by atoms with van der Waals surface area (Å²) in [6.45, 7) is 3.91. The summed E-state index contributed by atoms with van der Waals surface area (Å²) in [5, 5.41) is 23.1. The van der Waals surface area contributed by atoms with Gasteiger partial charge in [0.25, 0.3) is 0 Å². The summed E-state index contributed by atoms with van der Waals surface area (Å²) in [5.41, 5.74) is 8.32. The molecule has 23 heavy (non-hydrogen) atoms. The Kier molecular flexibility index (Phi) is 15.6. The van der Waals surface area contributed by atoms with Crippen molar-refractivity contribution in [3.8, 4) is 0 Å². The molecule has 136 valence electrons. The van der Waals surface area contributed by atoms with Crippen LogP contribution in [-0.2, 0) is 0 Å². The first-order valence-corrected chi connectivity index (χ1v) is 9.52. The number of azide groups is 1. The summed E-state index contributed by atoms with van der Waals surface area (Å²) < 4.78 is 0. The van der Waals surface area contributed by atoms with Crippen LogP contribution < -0.4 is 0 Å². The minimum atomic E-state index is -0.756. The van der Waals surface area contributed by atoms with Crippen molar-refractivity contribution in [1.82, 2.24) is 0 Å². The maximum Gasteiger partial charge on any atom is 0.0646 e. The lowest BCUT2D eigenvalue weighted by atomic mass is 10.0. The van der Waals surface area contributed by atoms with Crippen molar-refractivity contribution in [3.63, 3.8) is 0 Å². The van der Waals surface area contributed by atoms with E-state index in [1.165, 1.54) is 57.8 Å². The Balaban J connectivity index is 3.38. The van der Waals surface area contributed by atoms with Gasteiger partial charge in [0, 0.05) is 4.91 Å². The van der Waals surface area contributed by atoms with Crippen molar-refractivity contribution in [2.75, 3.05) is 0 Å². The summed E-state index contributed by atoms with van der Waals surface area (Å²) in [7, 11) is 0. The molecule has 0 aromatic carbocycles. The molecule has 0 fully saturated rings. The van der Waals surface area contributed by atoms with Crippen LogP contribution in [0.2, 0.25) is 0 Å². The van der Waals surface area contributed by atoms with Crippen LogP contribution in [0.5, 0.6) is 0 Å². The quantitative estimate of drug-likeness (QED) is 0.170. The van der Waals surface area contributed by atoms with Crippen LogP contribution in [0.25, 0.3) is 10.4 Å². The van der Waals surface area contributed by atoms with Crippen molar-refractivity contribution < 1.29 is 10.2 Å². The zero-order chi connectivity index (χ0) is 17.3. The van der Waals surface area contributed by atoms with Crippen LogP contribution in [0.4, 0.5) is 0 Å². The van der Waals surface area contributed by atoms with Gasteiger partial charge in [-0.25, -0.2) is 0 Å². The van der Waals surface area contributed by atoms with E-state index in [0.29, 0.717) is 0 Å². The Morgan fingerprint density at radius 2 is 1.35 bits per heavy atom. The molecule has 3 atom stereocenters. The first-order chi connectivity index (χ1) is 11.1. The predicted octanol–water partition coefficient (Wildman–Crippen LogP) is 5.50. The largest absolute Gasteiger partial charge is 0.393 e. The highest BCUT2D eigenvalue weighted by Gasteiger charge is 2.16. The van der Waals surface area contributed by atoms with Gasteiger partial charge in [0.05, 0.1) is 18.2 Å². The molecule has 0 radical (unpaired) electrons. The summed E-state index contributed by atoms with van der Waals surface area (Å²) in [6.07, 6.45) is 14.0. The van der Waals surface area contributed by atoms with Crippen molar-refractivity contribution in [3.05, 3.63) is 10.4 Å². The number of unbranched alkanes of at least 4 members (excludes halogenated alkanes) is 10. The predicted molar refractivity (Wildman–Crippen MR) is 96.3 cm³/mol. The van der Waals surface area contributed by atoms with Crippen LogP contribution in [0, 0.1) is 0 Å². The van der Waals surface area contributed by atoms with E-state index in [9.17, 15) is 10.2 Å². The Bertz CT molecular complexity index is 307. The number of hydrogen-bond donors (Lipinski definition) is 2. The van der Waals surface area contributed by atoms with Crippen molar-refractivity contribution >= 4 is 0 Å². The first kappa shape index (κ1) is 22.2. The third-order valence-corrected chi connectivity index (χ3v) is 4.45. The minimum absolute atomic E-state index is 0.290. The fraction of sp³-hybridized carbons (Fsp3) is 1.00. The van der Waals surface area contributed by atoms with Gasteiger partial charge in [0.2, 0.25) is 0 Å². The normalized spacial score (nSPS) is 15.0. The van der Waals surface area contributed by atoms with E-state index >= 15 is 0 Å². The van der Waals surface area contributed by atoms with Gasteiger partial charge in [-0.15, -0.1) is 0 Å². The topological polar surface area (TPSA) is 89.2 Å². The van der Waals surface area contributed by atoms with Gasteiger partial charge >= 0.3 is 0 Å². The average molecular weight is 328 g/mol. The van der Waals surface area contributed by atoms with E-state index in [0.717, 1.165) is 19.3 Å². The Morgan fingerprint density at radius 3 is 1.83 bits per heavy atom. The molecule has 5 heteroatoms. The van der Waals surface area contributed by atoms with Crippen molar-refractivity contribution in [1.29, 1.82) is 0 Å². The molecule has 0 aromatic rings. The molecule has 0 rings (SSSR count). The monoisotopic (exact) mass is 327 g/mol. The summed E-state index contributed by atoms with van der Waals surface area (Å²) in [4.78, 5) is 2.68. The standard InChI is InChI=1S/C18H37N3O2/c1-3-4-5-6-7-8-9-10-11-12-13-14-17(22)15-18(23)16(2)20-21-19/h16-18,22-23H,3-15H2,1-2H3/t16-,17+,18-/m0/s1. The van der Waals surface area contributed by atoms with Gasteiger partial charge in [-0.3, -0.25) is 0 Å². The SMILES string of the molecule is CCCCCCCCCCCCC[C@@H](O)C[C@H](O)[C@H](C)N=[N+]=[N-]. The van der Waals surface area contributed by atoms with Crippen LogP contribution in [0.15, 0.2) is 5.11 Å². The second-order valence-electron chi connectivity index (χ2n) is 6.73. The lowest BCUT2D eigenvalue weighted by Crippen LogP contribution is -2.26. The molecule has 0 unspecified atom stereocenters. The highest BCUT2D eigenvalue weighted by Crippen LogP contribution is 2.15. The highest BCUT2D eigenvalue weighted by molar-refractivity contribution is 4.74. The van der Waals surface area contributed by atoms with Gasteiger partial charge in [-0.2, -0.15) is 0 Å². The third kappa shape index (κ3) is 14.5. The second-order valence-corrected chi connectivity index (χ2v) is 6.73. The number of rotatable bonds is 16. The van der Waals surface area contributed by atoms with E-state index in [1.807, 2.05) is 0 Å². The zero-order valence-electron chi connectivity index (χ0n) is 15.2. The molecule has 0 saturated carbocycles. The molecule has 5 nitrogen and oxygen atoms in total. The number of nitrogens with zero attached hydrogens (tertiary/aromatic N) is 3. The molecule has 0 aliphatic heterocycles. The Morgan fingerprint density at radius 1 is 0.870 bits per heavy atom. The maximum absolute atomic E-state index is 9.89. The number of aliphatic hydroxyl groups is 2. The van der Waals surface area contributed by atoms with Crippen LogP contribution >= 0.6 is 0 Å². The van der Waals surface area contributed by atoms with E-state index < -0.39 is 18.2 Å². The minimum Gasteiger partial charge on any atom is -0.393 e. The number of aliphatic hydroxyl groups excluding tert-OH is 2. The third-order valence-electron chi connectivity index (χ3n) is 4.45. The van der Waals surface area contributed by atoms with Crippen LogP contribution in [0.3, 0.4) is 0 Å². The van der Waals surface area contributed by atoms with Gasteiger partial charge in [0.1, 0.15) is 0 Å². The Hall–Kier alpha value is -0.770. The summed E-state index contributed by atoms with van der Waals surface area (Å²) >= 11 is 0. The molecule has 0 aromatic heterocycles. The second kappa shape index (κ2) is 16.1. The van der Waals surface area contributed by atoms with Crippen LogP contribution in [0.1, 0.15) is 97.3 Å². The molecular weight excluding hydrogens is 290 g/mol. The van der Waals surface area contributed by atoms with E-state index in [-0.39, 0.29) is 6.42 Å². The summed E-state index contributed by atoms with van der Waals surface area (Å²) in [6, 6.07) is -0.480. The summed E-state index contributed by atoms with van der Waals surface area (Å²) in [5.74, 6) is 0. The molecule has 0 aliphatic carbocycles. The van der Waals surface area contributed by atoms with Crippen molar-refractivity contribution in [2.24, 2.45) is 5.11 Å². The van der Waals surface area contributed by atoms with E-state index in [4.69, 9.17) is 5.53 Å². The lowest BCUT2D eigenvalue weighted by molar-refractivity contribution is 0.0630. The van der Waals surface area contributed by atoms with Crippen LogP contribution in [-0.4, -0.2) is 28.5 Å². The number of hydrogen-bond acceptors (Lipinski definition) is 3. The molecule has 0 bridgehead atoms. The molecule has 0 saturated heterocycles. The fourth-order valence-corrected chi connectivity index (χ4v) is 2.80. The Labute approximate surface area is 142 Å². The van der Waals surface area contributed by atoms with E-state index in [1.54, 1.807) is 6.92 Å². The van der Waals surface area contributed by atoms with Gasteiger partial charge in [-0.1, -0.05) is 89.6 Å². The van der Waals surface area contributed by atoms with Gasteiger partial charge < -0.3 is 10.2 Å². The molecule has 0 amide bonds. The smallest absolute Gasteiger partial charge is 0.0646 e. The molecular formula is C18H37N3O2. The zero-order valence-corrected chi connectivity index (χ0v) is 15.2. The van der Waals surface area contributed by atoms with Gasteiger partial charge in [-0.05, 0) is 18.4 Å². The molecule has 0 heterocycles. The highest BCUT2D eigenvalue weighted by atomic mass is 16.3. The lowest BCUT2D eigenvalue weighted by Gasteiger charge is -2.18. The van der Waals surface area contributed by atoms with E-state index in [2.05, 4.69) is 16.9 Å². The molecule has 2 N–H and O–H groups in total. The average Bonchev–Trinajstić information content (AvgIpc) is 2.52. The molecule has 0 aliphatic rings. The molecule has 0 spiro atoms. The van der Waals surface area contributed by atoms with Gasteiger partial charge in [0.15, 0.2) is 0 Å². The fourth-order valence-electron chi connectivity index (χ4n) is 2.80. The first-order valence-electron chi connectivity index (χ1n) is 9.52. The van der Waals surface area contributed by atoms with Crippen molar-refractivity contribution in [2.45, 2.75) is 116 Å².